The van der Waals surface area contributed by atoms with Gasteiger partial charge in [0.25, 0.3) is 5.56 Å². The molecular weight excluding hydrogens is 381 g/mol. The van der Waals surface area contributed by atoms with Gasteiger partial charge < -0.3 is 14.4 Å². The molecule has 156 valence electrons. The van der Waals surface area contributed by atoms with Gasteiger partial charge in [-0.25, -0.2) is 4.79 Å². The van der Waals surface area contributed by atoms with Crippen molar-refractivity contribution >= 4 is 7.60 Å². The van der Waals surface area contributed by atoms with E-state index in [0.717, 1.165) is 44.9 Å². The van der Waals surface area contributed by atoms with Gasteiger partial charge >= 0.3 is 18.9 Å². The Labute approximate surface area is 157 Å². The van der Waals surface area contributed by atoms with Crippen LogP contribution in [0.3, 0.4) is 0 Å². The number of unbranched alkanes of at least 4 members (excludes halogenated alkanes) is 8. The molecule has 0 aliphatic carbocycles. The monoisotopic (exact) mass is 410 g/mol. The fourth-order valence-electron chi connectivity index (χ4n) is 2.79. The third-order valence-electron chi connectivity index (χ3n) is 4.49. The molecule has 1 heterocycles. The number of nitrogens with one attached hydrogen (secondary N) is 1. The summed E-state index contributed by atoms with van der Waals surface area (Å²) in [6, 6.07) is 0. The Morgan fingerprint density at radius 3 is 2.00 bits per heavy atom. The zero-order valence-electron chi connectivity index (χ0n) is 15.6. The molecule has 0 spiro atoms. The van der Waals surface area contributed by atoms with E-state index in [4.69, 9.17) is 9.79 Å². The quantitative estimate of drug-likeness (QED) is 0.340. The summed E-state index contributed by atoms with van der Waals surface area (Å²) in [7, 11) is -5.35. The predicted octanol–water partition coefficient (Wildman–Crippen LogP) is 3.52. The first-order valence-electron chi connectivity index (χ1n) is 9.28. The standard InChI is InChI=1S/C17H29F2N2O5P/c1-14-13-21(16(23)20-15(14)22)12-10-8-6-4-2-3-5-7-9-11-17(18,19)27(24,25)26/h13H,2-12H2,1H3,(H,20,22,23)(H2,24,25,26). The van der Waals surface area contributed by atoms with Crippen LogP contribution in [-0.2, 0) is 11.1 Å². The minimum atomic E-state index is -5.35. The van der Waals surface area contributed by atoms with Gasteiger partial charge in [-0.2, -0.15) is 8.78 Å². The number of aryl methyl sites for hydroxylation is 2. The average molecular weight is 410 g/mol. The van der Waals surface area contributed by atoms with Crippen LogP contribution in [0.5, 0.6) is 0 Å². The minimum Gasteiger partial charge on any atom is -0.320 e. The van der Waals surface area contributed by atoms with E-state index in [1.807, 2.05) is 0 Å². The number of halogens is 2. The SMILES string of the molecule is Cc1cn(CCCCCCCCCCCC(F)(F)P(=O)(O)O)c(=O)[nH]c1=O. The molecular formula is C17H29F2N2O5P. The van der Waals surface area contributed by atoms with Crippen molar-refractivity contribution in [3.05, 3.63) is 32.6 Å². The summed E-state index contributed by atoms with van der Waals surface area (Å²) < 4.78 is 38.2. The van der Waals surface area contributed by atoms with E-state index in [1.54, 1.807) is 13.1 Å². The third-order valence-corrected chi connectivity index (χ3v) is 5.57. The number of H-pyrrole nitrogens is 1. The highest BCUT2D eigenvalue weighted by molar-refractivity contribution is 7.53. The molecule has 0 aliphatic rings. The maximum atomic E-state index is 13.1. The normalized spacial score (nSPS) is 12.5. The molecule has 0 atom stereocenters. The summed E-state index contributed by atoms with van der Waals surface area (Å²) in [6.45, 7) is 2.21. The lowest BCUT2D eigenvalue weighted by atomic mass is 10.1. The Balaban J connectivity index is 2.04. The molecule has 0 fully saturated rings. The van der Waals surface area contributed by atoms with Crippen LogP contribution in [0.1, 0.15) is 69.8 Å². The highest BCUT2D eigenvalue weighted by Crippen LogP contribution is 2.55. The Hall–Kier alpha value is -1.31. The summed E-state index contributed by atoms with van der Waals surface area (Å²) in [5.74, 6) is 0. The number of hydrogen-bond donors (Lipinski definition) is 3. The highest BCUT2D eigenvalue weighted by Gasteiger charge is 2.47. The van der Waals surface area contributed by atoms with Crippen LogP contribution in [0.15, 0.2) is 15.8 Å². The number of aromatic amines is 1. The van der Waals surface area contributed by atoms with Crippen molar-refractivity contribution in [2.24, 2.45) is 0 Å². The topological polar surface area (TPSA) is 112 Å². The van der Waals surface area contributed by atoms with Gasteiger partial charge in [0.2, 0.25) is 0 Å². The first-order chi connectivity index (χ1) is 12.5. The van der Waals surface area contributed by atoms with E-state index in [2.05, 4.69) is 4.98 Å². The van der Waals surface area contributed by atoms with Gasteiger partial charge in [-0.3, -0.25) is 14.3 Å². The van der Waals surface area contributed by atoms with Crippen molar-refractivity contribution in [1.82, 2.24) is 9.55 Å². The molecule has 27 heavy (non-hydrogen) atoms. The Morgan fingerprint density at radius 2 is 1.48 bits per heavy atom. The minimum absolute atomic E-state index is 0.103. The van der Waals surface area contributed by atoms with Crippen LogP contribution in [0.4, 0.5) is 8.78 Å². The van der Waals surface area contributed by atoms with E-state index in [-0.39, 0.29) is 12.0 Å². The molecule has 1 aromatic rings. The number of nitrogens with zero attached hydrogens (tertiary/aromatic N) is 1. The van der Waals surface area contributed by atoms with Crippen molar-refractivity contribution in [2.75, 3.05) is 0 Å². The molecule has 0 aromatic carbocycles. The molecule has 0 saturated carbocycles. The van der Waals surface area contributed by atoms with Crippen LogP contribution >= 0.6 is 7.60 Å². The molecule has 0 aliphatic heterocycles. The van der Waals surface area contributed by atoms with E-state index in [9.17, 15) is 22.9 Å². The fraction of sp³-hybridized carbons (Fsp3) is 0.765. The maximum Gasteiger partial charge on any atom is 0.394 e. The third kappa shape index (κ3) is 8.49. The van der Waals surface area contributed by atoms with Crippen LogP contribution in [-0.4, -0.2) is 25.0 Å². The fourth-order valence-corrected chi connectivity index (χ4v) is 3.24. The second kappa shape index (κ2) is 10.9. The summed E-state index contributed by atoms with van der Waals surface area (Å²) in [5, 5.41) is 0. The first kappa shape index (κ1) is 23.7. The van der Waals surface area contributed by atoms with E-state index in [1.165, 1.54) is 4.57 Å². The van der Waals surface area contributed by atoms with Crippen molar-refractivity contribution in [1.29, 1.82) is 0 Å². The largest absolute Gasteiger partial charge is 0.394 e. The van der Waals surface area contributed by atoms with Crippen LogP contribution < -0.4 is 11.2 Å². The highest BCUT2D eigenvalue weighted by atomic mass is 31.2. The summed E-state index contributed by atoms with van der Waals surface area (Å²) in [5.41, 5.74) is -4.16. The van der Waals surface area contributed by atoms with Gasteiger partial charge in [0, 0.05) is 24.7 Å². The molecule has 0 bridgehead atoms. The molecule has 1 rings (SSSR count). The number of hydrogen-bond acceptors (Lipinski definition) is 3. The van der Waals surface area contributed by atoms with Crippen LogP contribution in [0, 0.1) is 6.92 Å². The predicted molar refractivity (Wildman–Crippen MR) is 99.2 cm³/mol. The lowest BCUT2D eigenvalue weighted by Crippen LogP contribution is -2.30. The second-order valence-corrected chi connectivity index (χ2v) is 8.65. The Morgan fingerprint density at radius 1 is 1.00 bits per heavy atom. The molecule has 3 N–H and O–H groups in total. The smallest absolute Gasteiger partial charge is 0.320 e. The number of alkyl halides is 2. The molecule has 0 radical (unpaired) electrons. The summed E-state index contributed by atoms with van der Waals surface area (Å²) >= 11 is 0. The Bertz CT molecular complexity index is 742. The zero-order valence-corrected chi connectivity index (χ0v) is 16.5. The number of rotatable bonds is 13. The van der Waals surface area contributed by atoms with E-state index in [0.29, 0.717) is 18.5 Å². The van der Waals surface area contributed by atoms with Gasteiger partial charge in [0.15, 0.2) is 0 Å². The molecule has 10 heteroatoms. The van der Waals surface area contributed by atoms with Crippen LogP contribution in [0.25, 0.3) is 0 Å². The van der Waals surface area contributed by atoms with Crippen molar-refractivity contribution in [3.63, 3.8) is 0 Å². The van der Waals surface area contributed by atoms with Gasteiger partial charge in [-0.05, 0) is 19.8 Å². The van der Waals surface area contributed by atoms with E-state index >= 15 is 0 Å². The van der Waals surface area contributed by atoms with Gasteiger partial charge in [0.1, 0.15) is 0 Å². The van der Waals surface area contributed by atoms with Crippen molar-refractivity contribution in [3.8, 4) is 0 Å². The molecule has 0 unspecified atom stereocenters. The first-order valence-corrected chi connectivity index (χ1v) is 10.9. The molecule has 7 nitrogen and oxygen atoms in total. The Kier molecular flexibility index (Phi) is 9.56. The molecule has 1 aromatic heterocycles. The maximum absolute atomic E-state index is 13.1. The summed E-state index contributed by atoms with van der Waals surface area (Å²) in [6.07, 6.45) is 7.89. The van der Waals surface area contributed by atoms with Crippen molar-refractivity contribution < 1.29 is 23.1 Å². The molecule has 0 amide bonds. The zero-order chi connectivity index (χ0) is 20.5. The van der Waals surface area contributed by atoms with E-state index < -0.39 is 25.4 Å². The van der Waals surface area contributed by atoms with Gasteiger partial charge in [0.05, 0.1) is 0 Å². The van der Waals surface area contributed by atoms with Gasteiger partial charge in [-0.1, -0.05) is 44.9 Å². The summed E-state index contributed by atoms with van der Waals surface area (Å²) in [4.78, 5) is 42.2. The number of aromatic nitrogens is 2. The lowest BCUT2D eigenvalue weighted by molar-refractivity contribution is 0.0476. The van der Waals surface area contributed by atoms with Crippen molar-refractivity contribution in [2.45, 2.75) is 83.3 Å². The lowest BCUT2D eigenvalue weighted by Gasteiger charge is -2.17. The van der Waals surface area contributed by atoms with Gasteiger partial charge in [-0.15, -0.1) is 0 Å². The van der Waals surface area contributed by atoms with Crippen LogP contribution in [0.2, 0.25) is 0 Å². The second-order valence-electron chi connectivity index (χ2n) is 6.91. The average Bonchev–Trinajstić information content (AvgIpc) is 2.55. The molecule has 0 saturated heterocycles.